The first-order valence-electron chi connectivity index (χ1n) is 8.68. The van der Waals surface area contributed by atoms with Crippen LogP contribution in [0.2, 0.25) is 0 Å². The van der Waals surface area contributed by atoms with Crippen molar-refractivity contribution in [2.24, 2.45) is 5.92 Å². The molecule has 6 nitrogen and oxygen atoms in total. The predicted molar refractivity (Wildman–Crippen MR) is 95.8 cm³/mol. The first-order chi connectivity index (χ1) is 12.1. The largest absolute Gasteiger partial charge is 0.480 e. The lowest BCUT2D eigenvalue weighted by Gasteiger charge is -2.42. The van der Waals surface area contributed by atoms with Crippen LogP contribution in [-0.2, 0) is 4.79 Å². The summed E-state index contributed by atoms with van der Waals surface area (Å²) in [4.78, 5) is 29.8. The molecule has 0 bridgehead atoms. The summed E-state index contributed by atoms with van der Waals surface area (Å²) in [7, 11) is 0. The fraction of sp³-hybridized carbons (Fsp3) is 0.500. The van der Waals surface area contributed by atoms with Crippen molar-refractivity contribution in [1.82, 2.24) is 15.2 Å². The van der Waals surface area contributed by atoms with Crippen molar-refractivity contribution in [1.29, 1.82) is 0 Å². The Morgan fingerprint density at radius 3 is 2.84 bits per heavy atom. The molecule has 2 aromatic rings. The Morgan fingerprint density at radius 1 is 1.32 bits per heavy atom. The van der Waals surface area contributed by atoms with Crippen molar-refractivity contribution >= 4 is 33.4 Å². The monoisotopic (exact) mass is 359 g/mol. The van der Waals surface area contributed by atoms with E-state index in [0.717, 1.165) is 29.6 Å². The molecule has 1 aromatic heterocycles. The number of carboxylic acid groups (broad SMARTS) is 1. The quantitative estimate of drug-likeness (QED) is 0.793. The van der Waals surface area contributed by atoms with Gasteiger partial charge < -0.3 is 10.4 Å². The third kappa shape index (κ3) is 3.82. The van der Waals surface area contributed by atoms with Crippen LogP contribution in [0.4, 0.5) is 0 Å². The van der Waals surface area contributed by atoms with E-state index in [0.29, 0.717) is 11.5 Å². The Kier molecular flexibility index (Phi) is 4.43. The normalized spacial score (nSPS) is 22.8. The number of hydrogen-bond donors (Lipinski definition) is 2. The number of benzene rings is 1. The summed E-state index contributed by atoms with van der Waals surface area (Å²) in [6.07, 6.45) is 4.08. The second-order valence-corrected chi connectivity index (χ2v) is 7.98. The van der Waals surface area contributed by atoms with Crippen LogP contribution in [0.15, 0.2) is 23.7 Å². The summed E-state index contributed by atoms with van der Waals surface area (Å²) in [5.41, 5.74) is 3.34. The van der Waals surface area contributed by atoms with Crippen molar-refractivity contribution in [3.05, 3.63) is 29.3 Å². The molecule has 7 heteroatoms. The molecule has 0 saturated heterocycles. The minimum absolute atomic E-state index is 0.0641. The molecule has 2 saturated carbocycles. The van der Waals surface area contributed by atoms with E-state index < -0.39 is 5.97 Å². The number of rotatable bonds is 7. The van der Waals surface area contributed by atoms with Crippen molar-refractivity contribution in [3.8, 4) is 0 Å². The van der Waals surface area contributed by atoms with Gasteiger partial charge in [-0.3, -0.25) is 14.5 Å². The molecule has 2 aliphatic rings. The van der Waals surface area contributed by atoms with E-state index in [2.05, 4.69) is 15.2 Å². The van der Waals surface area contributed by atoms with Crippen LogP contribution in [0.25, 0.3) is 10.2 Å². The SMILES string of the molecule is O=C(O)CN(CC1CC1)C1CC(NC(=O)c2ccc3ncsc3c2)C1. The number of fused-ring (bicyclic) bond motifs is 1. The van der Waals surface area contributed by atoms with Gasteiger partial charge in [-0.1, -0.05) is 0 Å². The molecule has 0 atom stereocenters. The van der Waals surface area contributed by atoms with Gasteiger partial charge in [0.15, 0.2) is 0 Å². The molecular weight excluding hydrogens is 338 g/mol. The first-order valence-corrected chi connectivity index (χ1v) is 9.56. The Labute approximate surface area is 149 Å². The van der Waals surface area contributed by atoms with Gasteiger partial charge in [0, 0.05) is 24.2 Å². The van der Waals surface area contributed by atoms with Crippen LogP contribution in [-0.4, -0.2) is 52.0 Å². The highest BCUT2D eigenvalue weighted by Crippen LogP contribution is 2.33. The summed E-state index contributed by atoms with van der Waals surface area (Å²) < 4.78 is 1.01. The lowest BCUT2D eigenvalue weighted by atomic mass is 9.85. The average molecular weight is 359 g/mol. The highest BCUT2D eigenvalue weighted by atomic mass is 32.1. The van der Waals surface area contributed by atoms with E-state index in [9.17, 15) is 9.59 Å². The number of carbonyl (C=O) groups is 2. The minimum atomic E-state index is -0.772. The zero-order valence-corrected chi connectivity index (χ0v) is 14.7. The third-order valence-electron chi connectivity index (χ3n) is 5.09. The summed E-state index contributed by atoms with van der Waals surface area (Å²) in [6.45, 7) is 0.976. The van der Waals surface area contributed by atoms with Crippen LogP contribution in [0.5, 0.6) is 0 Å². The number of nitrogens with one attached hydrogen (secondary N) is 1. The van der Waals surface area contributed by atoms with Crippen molar-refractivity contribution in [3.63, 3.8) is 0 Å². The maximum Gasteiger partial charge on any atom is 0.317 e. The van der Waals surface area contributed by atoms with Gasteiger partial charge >= 0.3 is 5.97 Å². The van der Waals surface area contributed by atoms with Crippen molar-refractivity contribution < 1.29 is 14.7 Å². The van der Waals surface area contributed by atoms with Crippen LogP contribution >= 0.6 is 11.3 Å². The first kappa shape index (κ1) is 16.5. The fourth-order valence-corrected chi connectivity index (χ4v) is 4.13. The molecule has 132 valence electrons. The Hall–Kier alpha value is -1.99. The molecular formula is C18H21N3O3S. The lowest BCUT2D eigenvalue weighted by Crippen LogP contribution is -2.55. The van der Waals surface area contributed by atoms with Crippen LogP contribution in [0.3, 0.4) is 0 Å². The Morgan fingerprint density at radius 2 is 2.12 bits per heavy atom. The van der Waals surface area contributed by atoms with Crippen LogP contribution in [0.1, 0.15) is 36.0 Å². The van der Waals surface area contributed by atoms with Gasteiger partial charge in [0.1, 0.15) is 0 Å². The number of hydrogen-bond acceptors (Lipinski definition) is 5. The molecule has 4 rings (SSSR count). The molecule has 2 aliphatic carbocycles. The number of thiazole rings is 1. The van der Waals surface area contributed by atoms with Gasteiger partial charge in [-0.05, 0) is 49.8 Å². The summed E-state index contributed by atoms with van der Waals surface area (Å²) in [5, 5.41) is 12.2. The number of aromatic nitrogens is 1. The highest BCUT2D eigenvalue weighted by molar-refractivity contribution is 7.16. The molecule has 1 aromatic carbocycles. The van der Waals surface area contributed by atoms with E-state index in [4.69, 9.17) is 5.11 Å². The van der Waals surface area contributed by atoms with Gasteiger partial charge in [0.2, 0.25) is 0 Å². The molecule has 1 heterocycles. The number of aliphatic carboxylic acids is 1. The molecule has 0 spiro atoms. The molecule has 2 N–H and O–H groups in total. The Balaban J connectivity index is 1.32. The average Bonchev–Trinajstić information content (AvgIpc) is 3.22. The lowest BCUT2D eigenvalue weighted by molar-refractivity contribution is -0.139. The van der Waals surface area contributed by atoms with E-state index >= 15 is 0 Å². The van der Waals surface area contributed by atoms with Crippen LogP contribution < -0.4 is 5.32 Å². The highest BCUT2D eigenvalue weighted by Gasteiger charge is 2.37. The van der Waals surface area contributed by atoms with Gasteiger partial charge in [0.05, 0.1) is 22.3 Å². The van der Waals surface area contributed by atoms with Gasteiger partial charge in [0.25, 0.3) is 5.91 Å². The van der Waals surface area contributed by atoms with E-state index in [1.807, 2.05) is 12.1 Å². The topological polar surface area (TPSA) is 82.5 Å². The predicted octanol–water partition coefficient (Wildman–Crippen LogP) is 2.35. The second kappa shape index (κ2) is 6.72. The van der Waals surface area contributed by atoms with E-state index in [1.165, 1.54) is 24.2 Å². The summed E-state index contributed by atoms with van der Waals surface area (Å²) >= 11 is 1.53. The number of amides is 1. The number of carboxylic acids is 1. The number of nitrogens with zero attached hydrogens (tertiary/aromatic N) is 2. The standard InChI is InChI=1S/C18H21N3O3S/c22-17(23)9-21(8-11-1-2-11)14-6-13(7-14)20-18(24)12-3-4-15-16(5-12)25-10-19-15/h3-5,10-11,13-14H,1-2,6-9H2,(H,20,24)(H,22,23). The fourth-order valence-electron chi connectivity index (χ4n) is 3.42. The molecule has 0 aliphatic heterocycles. The number of carbonyl (C=O) groups excluding carboxylic acids is 1. The molecule has 0 unspecified atom stereocenters. The zero-order chi connectivity index (χ0) is 17.4. The van der Waals surface area contributed by atoms with Gasteiger partial charge in [-0.25, -0.2) is 4.98 Å². The van der Waals surface area contributed by atoms with E-state index in [-0.39, 0.29) is 24.5 Å². The summed E-state index contributed by atoms with van der Waals surface area (Å²) in [6, 6.07) is 5.95. The molecule has 1 amide bonds. The maximum atomic E-state index is 12.4. The molecule has 25 heavy (non-hydrogen) atoms. The smallest absolute Gasteiger partial charge is 0.317 e. The second-order valence-electron chi connectivity index (χ2n) is 7.10. The maximum absolute atomic E-state index is 12.4. The molecule has 0 radical (unpaired) electrons. The van der Waals surface area contributed by atoms with Crippen molar-refractivity contribution in [2.75, 3.05) is 13.1 Å². The minimum Gasteiger partial charge on any atom is -0.480 e. The third-order valence-corrected chi connectivity index (χ3v) is 5.88. The Bertz CT molecular complexity index is 796. The summed E-state index contributed by atoms with van der Waals surface area (Å²) in [5.74, 6) is -0.171. The zero-order valence-electron chi connectivity index (χ0n) is 13.9. The van der Waals surface area contributed by atoms with Crippen molar-refractivity contribution in [2.45, 2.75) is 37.8 Å². The van der Waals surface area contributed by atoms with Gasteiger partial charge in [-0.15, -0.1) is 11.3 Å². The van der Waals surface area contributed by atoms with Crippen LogP contribution in [0, 0.1) is 5.92 Å². The van der Waals surface area contributed by atoms with Gasteiger partial charge in [-0.2, -0.15) is 0 Å². The molecule has 2 fully saturated rings. The van der Waals surface area contributed by atoms with E-state index in [1.54, 1.807) is 11.6 Å².